The summed E-state index contributed by atoms with van der Waals surface area (Å²) >= 11 is 7.53. The number of ether oxygens (including phenoxy) is 1. The summed E-state index contributed by atoms with van der Waals surface area (Å²) in [5, 5.41) is 12.9. The first-order valence-electron chi connectivity index (χ1n) is 5.92. The van der Waals surface area contributed by atoms with Crippen LogP contribution >= 0.6 is 22.9 Å². The average molecular weight is 281 g/mol. The van der Waals surface area contributed by atoms with Gasteiger partial charge >= 0.3 is 0 Å². The quantitative estimate of drug-likeness (QED) is 0.906. The summed E-state index contributed by atoms with van der Waals surface area (Å²) in [5.74, 6) is 0.939. The van der Waals surface area contributed by atoms with Gasteiger partial charge in [-0.05, 0) is 47.5 Å². The van der Waals surface area contributed by atoms with Gasteiger partial charge in [-0.1, -0.05) is 17.7 Å². The van der Waals surface area contributed by atoms with E-state index in [1.807, 2.05) is 29.6 Å². The summed E-state index contributed by atoms with van der Waals surface area (Å²) in [7, 11) is 0. The third-order valence-corrected chi connectivity index (χ3v) is 4.55. The van der Waals surface area contributed by atoms with Gasteiger partial charge in [0, 0.05) is 0 Å². The second kappa shape index (κ2) is 4.92. The number of hydrogen-bond acceptors (Lipinski definition) is 3. The molecule has 4 heteroatoms. The summed E-state index contributed by atoms with van der Waals surface area (Å²) in [6.45, 7) is 0.783. The zero-order valence-corrected chi connectivity index (χ0v) is 11.3. The van der Waals surface area contributed by atoms with Gasteiger partial charge in [-0.25, -0.2) is 0 Å². The van der Waals surface area contributed by atoms with Crippen molar-refractivity contribution in [1.82, 2.24) is 0 Å². The van der Waals surface area contributed by atoms with Crippen molar-refractivity contribution < 1.29 is 9.84 Å². The van der Waals surface area contributed by atoms with Gasteiger partial charge in [-0.2, -0.15) is 0 Å². The molecule has 0 aliphatic carbocycles. The van der Waals surface area contributed by atoms with Crippen LogP contribution in [-0.4, -0.2) is 11.7 Å². The number of benzene rings is 1. The molecule has 0 saturated heterocycles. The molecule has 1 aliphatic heterocycles. The van der Waals surface area contributed by atoms with Crippen LogP contribution in [0.5, 0.6) is 5.75 Å². The van der Waals surface area contributed by atoms with Crippen molar-refractivity contribution in [2.24, 2.45) is 0 Å². The fourth-order valence-corrected chi connectivity index (χ4v) is 3.37. The van der Waals surface area contributed by atoms with Crippen molar-refractivity contribution in [1.29, 1.82) is 0 Å². The van der Waals surface area contributed by atoms with Gasteiger partial charge in [-0.15, -0.1) is 11.3 Å². The van der Waals surface area contributed by atoms with E-state index in [1.165, 1.54) is 16.9 Å². The van der Waals surface area contributed by atoms with E-state index >= 15 is 0 Å². The predicted octanol–water partition coefficient (Wildman–Crippen LogP) is 3.81. The fourth-order valence-electron chi connectivity index (χ4n) is 2.20. The van der Waals surface area contributed by atoms with Crippen molar-refractivity contribution in [2.45, 2.75) is 18.9 Å². The van der Waals surface area contributed by atoms with Crippen molar-refractivity contribution in [3.63, 3.8) is 0 Å². The fraction of sp³-hybridized carbons (Fsp3) is 0.286. The Morgan fingerprint density at radius 3 is 3.00 bits per heavy atom. The van der Waals surface area contributed by atoms with Crippen molar-refractivity contribution in [3.05, 3.63) is 50.7 Å². The van der Waals surface area contributed by atoms with Crippen molar-refractivity contribution in [2.75, 3.05) is 6.61 Å². The Hall–Kier alpha value is -1.03. The summed E-state index contributed by atoms with van der Waals surface area (Å²) in [4.78, 5) is 0.799. The first-order valence-corrected chi connectivity index (χ1v) is 7.18. The number of aryl methyl sites for hydroxylation is 1. The van der Waals surface area contributed by atoms with E-state index in [2.05, 4.69) is 0 Å². The molecule has 1 atom stereocenters. The van der Waals surface area contributed by atoms with Gasteiger partial charge in [0.2, 0.25) is 0 Å². The molecule has 3 rings (SSSR count). The maximum absolute atomic E-state index is 10.3. The number of aliphatic hydroxyl groups is 1. The van der Waals surface area contributed by atoms with Gasteiger partial charge in [-0.3, -0.25) is 0 Å². The van der Waals surface area contributed by atoms with E-state index < -0.39 is 6.10 Å². The highest BCUT2D eigenvalue weighted by atomic mass is 35.5. The summed E-state index contributed by atoms with van der Waals surface area (Å²) in [5.41, 5.74) is 2.05. The van der Waals surface area contributed by atoms with Crippen molar-refractivity contribution in [3.8, 4) is 5.75 Å². The first-order chi connectivity index (χ1) is 8.75. The van der Waals surface area contributed by atoms with Crippen LogP contribution in [0, 0.1) is 0 Å². The Bertz CT molecular complexity index is 565. The molecule has 1 aromatic heterocycles. The highest BCUT2D eigenvalue weighted by molar-refractivity contribution is 7.10. The van der Waals surface area contributed by atoms with Crippen LogP contribution in [0.25, 0.3) is 0 Å². The van der Waals surface area contributed by atoms with E-state index in [4.69, 9.17) is 16.3 Å². The third kappa shape index (κ3) is 2.14. The molecular weight excluding hydrogens is 268 g/mol. The van der Waals surface area contributed by atoms with Crippen LogP contribution in [-0.2, 0) is 6.42 Å². The van der Waals surface area contributed by atoms with Crippen LogP contribution in [0.1, 0.15) is 28.5 Å². The lowest BCUT2D eigenvalue weighted by Gasteiger charge is -2.19. The smallest absolute Gasteiger partial charge is 0.122 e. The number of halogens is 1. The molecule has 0 amide bonds. The van der Waals surface area contributed by atoms with Gasteiger partial charge in [0.05, 0.1) is 16.5 Å². The second-order valence-corrected chi connectivity index (χ2v) is 5.71. The molecule has 1 aromatic carbocycles. The molecule has 0 radical (unpaired) electrons. The molecule has 2 heterocycles. The molecule has 2 aromatic rings. The average Bonchev–Trinajstić information content (AvgIpc) is 2.83. The standard InChI is InChI=1S/C14H13ClO2S/c15-11-5-7-18-14(11)13(16)10-3-4-12-9(8-10)2-1-6-17-12/h3-5,7-8,13,16H,1-2,6H2. The van der Waals surface area contributed by atoms with Crippen LogP contribution in [0.15, 0.2) is 29.6 Å². The molecule has 18 heavy (non-hydrogen) atoms. The van der Waals surface area contributed by atoms with Gasteiger partial charge < -0.3 is 9.84 Å². The van der Waals surface area contributed by atoms with Crippen molar-refractivity contribution >= 4 is 22.9 Å². The minimum atomic E-state index is -0.648. The number of thiophene rings is 1. The van der Waals surface area contributed by atoms with Crippen LogP contribution in [0.3, 0.4) is 0 Å². The predicted molar refractivity (Wildman–Crippen MR) is 73.6 cm³/mol. The SMILES string of the molecule is OC(c1ccc2c(c1)CCCO2)c1sccc1Cl. The molecule has 0 bridgehead atoms. The summed E-state index contributed by atoms with van der Waals surface area (Å²) in [6.07, 6.45) is 1.39. The van der Waals surface area contributed by atoms with Crippen LogP contribution in [0.4, 0.5) is 0 Å². The Labute approximate surface area is 115 Å². The Morgan fingerprint density at radius 1 is 1.33 bits per heavy atom. The number of rotatable bonds is 2. The normalized spacial score (nSPS) is 15.9. The highest BCUT2D eigenvalue weighted by Crippen LogP contribution is 2.35. The third-order valence-electron chi connectivity index (χ3n) is 3.14. The Kier molecular flexibility index (Phi) is 3.29. The zero-order chi connectivity index (χ0) is 12.5. The lowest BCUT2D eigenvalue weighted by atomic mass is 10.00. The molecule has 1 aliphatic rings. The Morgan fingerprint density at radius 2 is 2.22 bits per heavy atom. The first kappa shape index (κ1) is 12.0. The maximum Gasteiger partial charge on any atom is 0.122 e. The van der Waals surface area contributed by atoms with E-state index in [-0.39, 0.29) is 0 Å². The van der Waals surface area contributed by atoms with Gasteiger partial charge in [0.1, 0.15) is 11.9 Å². The molecule has 94 valence electrons. The second-order valence-electron chi connectivity index (χ2n) is 4.35. The largest absolute Gasteiger partial charge is 0.493 e. The lowest BCUT2D eigenvalue weighted by molar-refractivity contribution is 0.223. The minimum Gasteiger partial charge on any atom is -0.493 e. The van der Waals surface area contributed by atoms with Crippen LogP contribution < -0.4 is 4.74 Å². The minimum absolute atomic E-state index is 0.626. The number of aliphatic hydroxyl groups excluding tert-OH is 1. The van der Waals surface area contributed by atoms with E-state index in [1.54, 1.807) is 0 Å². The number of fused-ring (bicyclic) bond motifs is 1. The monoisotopic (exact) mass is 280 g/mol. The molecule has 2 nitrogen and oxygen atoms in total. The topological polar surface area (TPSA) is 29.5 Å². The van der Waals surface area contributed by atoms with Gasteiger partial charge in [0.25, 0.3) is 0 Å². The zero-order valence-electron chi connectivity index (χ0n) is 9.73. The Balaban J connectivity index is 1.95. The lowest BCUT2D eigenvalue weighted by Crippen LogP contribution is -2.09. The van der Waals surface area contributed by atoms with Gasteiger partial charge in [0.15, 0.2) is 0 Å². The molecule has 1 unspecified atom stereocenters. The van der Waals surface area contributed by atoms with E-state index in [0.29, 0.717) is 5.02 Å². The summed E-state index contributed by atoms with van der Waals surface area (Å²) < 4.78 is 5.57. The summed E-state index contributed by atoms with van der Waals surface area (Å²) in [6, 6.07) is 7.68. The molecule has 0 saturated carbocycles. The molecule has 1 N–H and O–H groups in total. The molecular formula is C14H13ClO2S. The molecule has 0 fully saturated rings. The highest BCUT2D eigenvalue weighted by Gasteiger charge is 2.18. The number of hydrogen-bond donors (Lipinski definition) is 1. The maximum atomic E-state index is 10.3. The molecule has 0 spiro atoms. The van der Waals surface area contributed by atoms with Crippen LogP contribution in [0.2, 0.25) is 5.02 Å². The van der Waals surface area contributed by atoms with E-state index in [0.717, 1.165) is 35.6 Å². The van der Waals surface area contributed by atoms with E-state index in [9.17, 15) is 5.11 Å².